The Balaban J connectivity index is 2.26. The van der Waals surface area contributed by atoms with E-state index in [1.807, 2.05) is 42.5 Å². The average molecular weight is 231 g/mol. The van der Waals surface area contributed by atoms with Gasteiger partial charge in [-0.25, -0.2) is 0 Å². The normalized spacial score (nSPS) is 10.3. The lowest BCUT2D eigenvalue weighted by Gasteiger charge is -2.04. The first-order chi connectivity index (χ1) is 7.25. The molecule has 0 saturated heterocycles. The molecular formula is C13H11S2. The quantitative estimate of drug-likeness (QED) is 0.720. The van der Waals surface area contributed by atoms with Crippen molar-refractivity contribution in [2.75, 3.05) is 0 Å². The topological polar surface area (TPSA) is 0 Å². The van der Waals surface area contributed by atoms with E-state index in [2.05, 4.69) is 37.7 Å². The molecule has 0 fully saturated rings. The molecule has 0 unspecified atom stereocenters. The molecule has 0 N–H and O–H groups in total. The van der Waals surface area contributed by atoms with Crippen LogP contribution in [-0.4, -0.2) is 0 Å². The Hall–Kier alpha value is -0.860. The fourth-order valence-electron chi connectivity index (χ4n) is 1.40. The summed E-state index contributed by atoms with van der Waals surface area (Å²) in [5.41, 5.74) is 2.27. The van der Waals surface area contributed by atoms with Crippen molar-refractivity contribution >= 4 is 25.3 Å². The molecule has 2 heteroatoms. The summed E-state index contributed by atoms with van der Waals surface area (Å²) in [5, 5.41) is 0. The number of benzene rings is 2. The Kier molecular flexibility index (Phi) is 3.39. The van der Waals surface area contributed by atoms with Crippen molar-refractivity contribution in [1.29, 1.82) is 0 Å². The summed E-state index contributed by atoms with van der Waals surface area (Å²) in [4.78, 5) is 1.96. The zero-order valence-electron chi connectivity index (χ0n) is 8.09. The summed E-state index contributed by atoms with van der Waals surface area (Å²) < 4.78 is 0. The van der Waals surface area contributed by atoms with Crippen molar-refractivity contribution in [3.63, 3.8) is 0 Å². The van der Waals surface area contributed by atoms with Gasteiger partial charge in [0, 0.05) is 16.2 Å². The number of hydrogen-bond donors (Lipinski definition) is 2. The molecule has 0 heterocycles. The van der Waals surface area contributed by atoms with Crippen LogP contribution in [0.4, 0.5) is 0 Å². The molecule has 2 aromatic carbocycles. The highest BCUT2D eigenvalue weighted by Crippen LogP contribution is 2.20. The smallest absolute Gasteiger partial charge is 0.0210 e. The first kappa shape index (κ1) is 10.7. The van der Waals surface area contributed by atoms with Gasteiger partial charge in [0.05, 0.1) is 0 Å². The van der Waals surface area contributed by atoms with Gasteiger partial charge in [-0.3, -0.25) is 0 Å². The van der Waals surface area contributed by atoms with Crippen LogP contribution in [0.25, 0.3) is 0 Å². The second kappa shape index (κ2) is 4.77. The van der Waals surface area contributed by atoms with Crippen LogP contribution in [0.1, 0.15) is 11.1 Å². The minimum absolute atomic E-state index is 0.973. The van der Waals surface area contributed by atoms with Gasteiger partial charge < -0.3 is 0 Å². The monoisotopic (exact) mass is 231 g/mol. The molecule has 0 atom stereocenters. The maximum Gasteiger partial charge on any atom is 0.0210 e. The van der Waals surface area contributed by atoms with E-state index >= 15 is 0 Å². The Labute approximate surface area is 101 Å². The van der Waals surface area contributed by atoms with Crippen molar-refractivity contribution in [3.05, 3.63) is 66.1 Å². The van der Waals surface area contributed by atoms with E-state index in [0.717, 1.165) is 20.9 Å². The molecule has 1 radical (unpaired) electrons. The highest BCUT2D eigenvalue weighted by molar-refractivity contribution is 7.80. The highest BCUT2D eigenvalue weighted by atomic mass is 32.1. The van der Waals surface area contributed by atoms with Crippen LogP contribution in [0.15, 0.2) is 58.3 Å². The minimum atomic E-state index is 0.973. The van der Waals surface area contributed by atoms with E-state index in [1.54, 1.807) is 0 Å². The van der Waals surface area contributed by atoms with E-state index in [-0.39, 0.29) is 0 Å². The molecule has 0 amide bonds. The maximum absolute atomic E-state index is 4.40. The van der Waals surface area contributed by atoms with Crippen molar-refractivity contribution in [2.45, 2.75) is 9.79 Å². The third-order valence-corrected chi connectivity index (χ3v) is 2.81. The molecule has 15 heavy (non-hydrogen) atoms. The van der Waals surface area contributed by atoms with E-state index in [9.17, 15) is 0 Å². The lowest BCUT2D eigenvalue weighted by atomic mass is 10.1. The molecule has 2 rings (SSSR count). The summed E-state index contributed by atoms with van der Waals surface area (Å²) >= 11 is 8.71. The molecule has 0 aliphatic carbocycles. The summed E-state index contributed by atoms with van der Waals surface area (Å²) in [5.74, 6) is 0. The minimum Gasteiger partial charge on any atom is -0.143 e. The van der Waals surface area contributed by atoms with Crippen molar-refractivity contribution < 1.29 is 0 Å². The van der Waals surface area contributed by atoms with Crippen LogP contribution in [0.2, 0.25) is 0 Å². The van der Waals surface area contributed by atoms with E-state index in [0.29, 0.717) is 0 Å². The van der Waals surface area contributed by atoms with Crippen molar-refractivity contribution in [1.82, 2.24) is 0 Å². The summed E-state index contributed by atoms with van der Waals surface area (Å²) in [7, 11) is 0. The van der Waals surface area contributed by atoms with E-state index < -0.39 is 0 Å². The van der Waals surface area contributed by atoms with Gasteiger partial charge in [0.15, 0.2) is 0 Å². The number of hydrogen-bond acceptors (Lipinski definition) is 2. The Morgan fingerprint density at radius 3 is 2.40 bits per heavy atom. The average Bonchev–Trinajstić information content (AvgIpc) is 2.22. The summed E-state index contributed by atoms with van der Waals surface area (Å²) in [6, 6.07) is 16.1. The summed E-state index contributed by atoms with van der Waals surface area (Å²) in [6.45, 7) is 0. The second-order valence-corrected chi connectivity index (χ2v) is 4.30. The van der Waals surface area contributed by atoms with Gasteiger partial charge in [-0.05, 0) is 29.3 Å². The third-order valence-electron chi connectivity index (χ3n) is 2.13. The van der Waals surface area contributed by atoms with Crippen LogP contribution in [0.3, 0.4) is 0 Å². The first-order valence-electron chi connectivity index (χ1n) is 4.67. The first-order valence-corrected chi connectivity index (χ1v) is 5.57. The zero-order valence-corrected chi connectivity index (χ0v) is 9.88. The lowest BCUT2D eigenvalue weighted by molar-refractivity contribution is 1.30. The van der Waals surface area contributed by atoms with Crippen molar-refractivity contribution in [2.24, 2.45) is 0 Å². The van der Waals surface area contributed by atoms with Crippen LogP contribution < -0.4 is 0 Å². The molecule has 0 aliphatic heterocycles. The molecule has 0 bridgehead atoms. The maximum atomic E-state index is 4.40. The Morgan fingerprint density at radius 1 is 0.867 bits per heavy atom. The Bertz CT molecular complexity index is 464. The largest absolute Gasteiger partial charge is 0.143 e. The molecular weight excluding hydrogens is 220 g/mol. The van der Waals surface area contributed by atoms with Crippen LogP contribution in [0.5, 0.6) is 0 Å². The zero-order chi connectivity index (χ0) is 10.7. The van der Waals surface area contributed by atoms with Crippen LogP contribution >= 0.6 is 25.3 Å². The number of rotatable bonds is 2. The van der Waals surface area contributed by atoms with Gasteiger partial charge >= 0.3 is 0 Å². The standard InChI is InChI=1S/C13H11S2/c14-12-6-3-4-10(9-12)8-11-5-1-2-7-13(11)15/h1-9,14-15H. The molecule has 0 aromatic heterocycles. The molecule has 0 nitrogen and oxygen atoms in total. The molecule has 0 spiro atoms. The third kappa shape index (κ3) is 2.80. The summed E-state index contributed by atoms with van der Waals surface area (Å²) in [6.07, 6.45) is 2.10. The molecule has 2 aromatic rings. The Morgan fingerprint density at radius 2 is 1.67 bits per heavy atom. The van der Waals surface area contributed by atoms with Gasteiger partial charge in [-0.2, -0.15) is 0 Å². The van der Waals surface area contributed by atoms with Gasteiger partial charge in [0.1, 0.15) is 0 Å². The van der Waals surface area contributed by atoms with Gasteiger partial charge in [-0.15, -0.1) is 25.3 Å². The van der Waals surface area contributed by atoms with E-state index in [1.165, 1.54) is 0 Å². The van der Waals surface area contributed by atoms with Crippen molar-refractivity contribution in [3.8, 4) is 0 Å². The second-order valence-electron chi connectivity index (χ2n) is 3.30. The van der Waals surface area contributed by atoms with E-state index in [4.69, 9.17) is 0 Å². The van der Waals surface area contributed by atoms with Crippen LogP contribution in [0, 0.1) is 6.42 Å². The predicted molar refractivity (Wildman–Crippen MR) is 69.9 cm³/mol. The number of thiol groups is 2. The van der Waals surface area contributed by atoms with Crippen LogP contribution in [-0.2, 0) is 0 Å². The highest BCUT2D eigenvalue weighted by Gasteiger charge is 2.00. The lowest BCUT2D eigenvalue weighted by Crippen LogP contribution is -1.86. The molecule has 75 valence electrons. The SMILES string of the molecule is Sc1cccc([CH]c2ccccc2S)c1. The van der Waals surface area contributed by atoms with Gasteiger partial charge in [0.2, 0.25) is 0 Å². The molecule has 0 saturated carbocycles. The van der Waals surface area contributed by atoms with Gasteiger partial charge in [0.25, 0.3) is 0 Å². The fourth-order valence-corrected chi connectivity index (χ4v) is 1.86. The fraction of sp³-hybridized carbons (Fsp3) is 0. The molecule has 0 aliphatic rings. The predicted octanol–water partition coefficient (Wildman–Crippen LogP) is 3.86. The van der Waals surface area contributed by atoms with Gasteiger partial charge in [-0.1, -0.05) is 30.3 Å².